The Morgan fingerprint density at radius 1 is 1.30 bits per heavy atom. The predicted molar refractivity (Wildman–Crippen MR) is 106 cm³/mol. The largest absolute Gasteiger partial charge is 0.355 e. The maximum atomic E-state index is 12.7. The van der Waals surface area contributed by atoms with E-state index in [1.165, 1.54) is 16.4 Å². The molecule has 1 aromatic carbocycles. The summed E-state index contributed by atoms with van der Waals surface area (Å²) in [7, 11) is -3.54. The molecule has 0 aliphatic carbocycles. The molecule has 0 spiro atoms. The van der Waals surface area contributed by atoms with Crippen LogP contribution in [0.4, 0.5) is 0 Å². The van der Waals surface area contributed by atoms with Crippen molar-refractivity contribution in [1.82, 2.24) is 14.6 Å². The highest BCUT2D eigenvalue weighted by molar-refractivity contribution is 7.89. The SMILES string of the molecule is Cc1nc(CCNC(=O)C2CCN(S(=O)(=O)c3ccc(Cl)cc3)CC2)cs1. The average molecular weight is 428 g/mol. The van der Waals surface area contributed by atoms with E-state index < -0.39 is 10.0 Å². The molecule has 0 radical (unpaired) electrons. The lowest BCUT2D eigenvalue weighted by Gasteiger charge is -2.30. The van der Waals surface area contributed by atoms with Gasteiger partial charge in [0.25, 0.3) is 0 Å². The molecule has 1 aromatic heterocycles. The molecular formula is C18H22ClN3O3S2. The van der Waals surface area contributed by atoms with Crippen molar-refractivity contribution in [3.63, 3.8) is 0 Å². The van der Waals surface area contributed by atoms with Crippen LogP contribution in [0, 0.1) is 12.8 Å². The van der Waals surface area contributed by atoms with Crippen molar-refractivity contribution >= 4 is 38.9 Å². The van der Waals surface area contributed by atoms with E-state index in [0.717, 1.165) is 10.7 Å². The lowest BCUT2D eigenvalue weighted by atomic mass is 9.97. The normalized spacial score (nSPS) is 16.4. The first-order valence-corrected chi connectivity index (χ1v) is 11.5. The number of rotatable bonds is 6. The van der Waals surface area contributed by atoms with E-state index in [1.54, 1.807) is 23.5 Å². The van der Waals surface area contributed by atoms with Crippen molar-refractivity contribution < 1.29 is 13.2 Å². The van der Waals surface area contributed by atoms with Crippen LogP contribution in [0.5, 0.6) is 0 Å². The number of aromatic nitrogens is 1. The van der Waals surface area contributed by atoms with Crippen LogP contribution in [0.25, 0.3) is 0 Å². The first-order valence-electron chi connectivity index (χ1n) is 8.80. The summed E-state index contributed by atoms with van der Waals surface area (Å²) in [5, 5.41) is 6.46. The van der Waals surface area contributed by atoms with Crippen molar-refractivity contribution in [2.75, 3.05) is 19.6 Å². The summed E-state index contributed by atoms with van der Waals surface area (Å²) in [6.07, 6.45) is 1.75. The number of amides is 1. The van der Waals surface area contributed by atoms with E-state index in [4.69, 9.17) is 11.6 Å². The third-order valence-electron chi connectivity index (χ3n) is 4.62. The fourth-order valence-corrected chi connectivity index (χ4v) is 5.34. The molecule has 6 nitrogen and oxygen atoms in total. The molecule has 1 saturated heterocycles. The number of nitrogens with one attached hydrogen (secondary N) is 1. The molecule has 2 heterocycles. The van der Waals surface area contributed by atoms with Crippen LogP contribution in [0.3, 0.4) is 0 Å². The highest BCUT2D eigenvalue weighted by Gasteiger charge is 2.31. The first-order chi connectivity index (χ1) is 12.9. The number of carbonyl (C=O) groups is 1. The molecule has 146 valence electrons. The third kappa shape index (κ3) is 5.07. The van der Waals surface area contributed by atoms with Crippen molar-refractivity contribution in [3.8, 4) is 0 Å². The van der Waals surface area contributed by atoms with Crippen LogP contribution in [-0.4, -0.2) is 43.2 Å². The second-order valence-electron chi connectivity index (χ2n) is 6.53. The number of aryl methyl sites for hydroxylation is 1. The van der Waals surface area contributed by atoms with E-state index in [1.807, 2.05) is 12.3 Å². The number of piperidine rings is 1. The molecular weight excluding hydrogens is 406 g/mol. The summed E-state index contributed by atoms with van der Waals surface area (Å²) in [5.74, 6) is -0.163. The number of benzene rings is 1. The van der Waals surface area contributed by atoms with Gasteiger partial charge in [0, 0.05) is 42.4 Å². The molecule has 0 atom stereocenters. The maximum absolute atomic E-state index is 12.7. The Morgan fingerprint density at radius 3 is 2.56 bits per heavy atom. The van der Waals surface area contributed by atoms with Gasteiger partial charge < -0.3 is 5.32 Å². The zero-order valence-corrected chi connectivity index (χ0v) is 17.4. The summed E-state index contributed by atoms with van der Waals surface area (Å²) in [5.41, 5.74) is 0.988. The van der Waals surface area contributed by atoms with Gasteiger partial charge in [-0.25, -0.2) is 13.4 Å². The molecule has 1 aliphatic heterocycles. The van der Waals surface area contributed by atoms with Crippen LogP contribution in [0.1, 0.15) is 23.5 Å². The van der Waals surface area contributed by atoms with Gasteiger partial charge in [0.2, 0.25) is 15.9 Å². The lowest BCUT2D eigenvalue weighted by Crippen LogP contribution is -2.43. The van der Waals surface area contributed by atoms with Crippen molar-refractivity contribution in [2.24, 2.45) is 5.92 Å². The van der Waals surface area contributed by atoms with Crippen LogP contribution < -0.4 is 5.32 Å². The van der Waals surface area contributed by atoms with E-state index in [0.29, 0.717) is 43.9 Å². The lowest BCUT2D eigenvalue weighted by molar-refractivity contribution is -0.126. The van der Waals surface area contributed by atoms with E-state index in [9.17, 15) is 13.2 Å². The summed E-state index contributed by atoms with van der Waals surface area (Å²) < 4.78 is 26.8. The zero-order chi connectivity index (χ0) is 19.4. The van der Waals surface area contributed by atoms with Crippen LogP contribution in [0.2, 0.25) is 5.02 Å². The van der Waals surface area contributed by atoms with Gasteiger partial charge in [0.05, 0.1) is 15.6 Å². The summed E-state index contributed by atoms with van der Waals surface area (Å²) in [6.45, 7) is 3.19. The number of sulfonamides is 1. The topological polar surface area (TPSA) is 79.4 Å². The van der Waals surface area contributed by atoms with Gasteiger partial charge in [0.15, 0.2) is 0 Å². The maximum Gasteiger partial charge on any atom is 0.243 e. The minimum Gasteiger partial charge on any atom is -0.355 e. The van der Waals surface area contributed by atoms with Gasteiger partial charge >= 0.3 is 0 Å². The molecule has 1 N–H and O–H groups in total. The second kappa shape index (κ2) is 8.68. The highest BCUT2D eigenvalue weighted by Crippen LogP contribution is 2.24. The molecule has 2 aromatic rings. The number of carbonyl (C=O) groups excluding carboxylic acids is 1. The summed E-state index contributed by atoms with van der Waals surface area (Å²) in [4.78, 5) is 17.0. The molecule has 0 unspecified atom stereocenters. The minimum absolute atomic E-state index is 0.00880. The summed E-state index contributed by atoms with van der Waals surface area (Å²) in [6, 6.07) is 6.16. The average Bonchev–Trinajstić information content (AvgIpc) is 3.07. The number of halogens is 1. The number of hydrogen-bond donors (Lipinski definition) is 1. The summed E-state index contributed by atoms with van der Waals surface area (Å²) >= 11 is 7.43. The zero-order valence-electron chi connectivity index (χ0n) is 15.0. The first kappa shape index (κ1) is 20.3. The van der Waals surface area contributed by atoms with Crippen LogP contribution >= 0.6 is 22.9 Å². The van der Waals surface area contributed by atoms with Gasteiger partial charge in [-0.3, -0.25) is 4.79 Å². The fraction of sp³-hybridized carbons (Fsp3) is 0.444. The predicted octanol–water partition coefficient (Wildman–Crippen LogP) is 2.86. The monoisotopic (exact) mass is 427 g/mol. The van der Waals surface area contributed by atoms with E-state index in [-0.39, 0.29) is 16.7 Å². The number of hydrogen-bond acceptors (Lipinski definition) is 5. The highest BCUT2D eigenvalue weighted by atomic mass is 35.5. The Balaban J connectivity index is 1.49. The Kier molecular flexibility index (Phi) is 6.52. The van der Waals surface area contributed by atoms with E-state index >= 15 is 0 Å². The minimum atomic E-state index is -3.54. The molecule has 1 amide bonds. The molecule has 0 saturated carbocycles. The van der Waals surface area contributed by atoms with Gasteiger partial charge in [-0.1, -0.05) is 11.6 Å². The standard InChI is InChI=1S/C18H22ClN3O3S2/c1-13-21-16(12-26-13)6-9-20-18(23)14-7-10-22(11-8-14)27(24,25)17-4-2-15(19)3-5-17/h2-5,12,14H,6-11H2,1H3,(H,20,23). The molecule has 1 aliphatic rings. The Labute approximate surface area is 168 Å². The Bertz CT molecular complexity index is 889. The number of thiazole rings is 1. The molecule has 9 heteroatoms. The van der Waals surface area contributed by atoms with Crippen molar-refractivity contribution in [3.05, 3.63) is 45.4 Å². The van der Waals surface area contributed by atoms with Gasteiger partial charge in [-0.15, -0.1) is 11.3 Å². The van der Waals surface area contributed by atoms with Gasteiger partial charge in [0.1, 0.15) is 0 Å². The third-order valence-corrected chi connectivity index (χ3v) is 7.61. The van der Waals surface area contributed by atoms with Gasteiger partial charge in [-0.2, -0.15) is 4.31 Å². The van der Waals surface area contributed by atoms with Crippen molar-refractivity contribution in [2.45, 2.75) is 31.1 Å². The van der Waals surface area contributed by atoms with Gasteiger partial charge in [-0.05, 0) is 44.0 Å². The molecule has 27 heavy (non-hydrogen) atoms. The molecule has 3 rings (SSSR count). The quantitative estimate of drug-likeness (QED) is 0.768. The second-order valence-corrected chi connectivity index (χ2v) is 9.97. The number of nitrogens with zero attached hydrogens (tertiary/aromatic N) is 2. The van der Waals surface area contributed by atoms with Crippen LogP contribution in [-0.2, 0) is 21.2 Å². The molecule has 1 fully saturated rings. The van der Waals surface area contributed by atoms with E-state index in [2.05, 4.69) is 10.3 Å². The van der Waals surface area contributed by atoms with Crippen molar-refractivity contribution in [1.29, 1.82) is 0 Å². The van der Waals surface area contributed by atoms with Crippen LogP contribution in [0.15, 0.2) is 34.5 Å². The Morgan fingerprint density at radius 2 is 1.96 bits per heavy atom. The Hall–Kier alpha value is -1.48. The smallest absolute Gasteiger partial charge is 0.243 e. The fourth-order valence-electron chi connectivity index (χ4n) is 3.10. The molecule has 0 bridgehead atoms.